The van der Waals surface area contributed by atoms with Gasteiger partial charge in [-0.05, 0) is 23.3 Å². The monoisotopic (exact) mass is 379 g/mol. The molecule has 1 atom stereocenters. The van der Waals surface area contributed by atoms with Crippen LogP contribution in [0.1, 0.15) is 23.1 Å². The van der Waals surface area contributed by atoms with Crippen LogP contribution in [-0.2, 0) is 12.8 Å². The van der Waals surface area contributed by atoms with Gasteiger partial charge in [-0.2, -0.15) is 0 Å². The van der Waals surface area contributed by atoms with Crippen molar-refractivity contribution in [3.63, 3.8) is 0 Å². The largest absolute Gasteiger partial charge is 0.380 e. The number of nitrogens with zero attached hydrogens (tertiary/aromatic N) is 3. The Kier molecular flexibility index (Phi) is 5.46. The molecule has 2 aromatic carbocycles. The predicted molar refractivity (Wildman–Crippen MR) is 97.5 cm³/mol. The summed E-state index contributed by atoms with van der Waals surface area (Å²) in [6.45, 7) is 0. The highest BCUT2D eigenvalue weighted by atomic mass is 35.5. The Labute approximate surface area is 154 Å². The molecule has 24 heavy (non-hydrogen) atoms. The van der Waals surface area contributed by atoms with Gasteiger partial charge in [0.15, 0.2) is 11.0 Å². The highest BCUT2D eigenvalue weighted by Gasteiger charge is 2.19. The number of rotatable bonds is 5. The quantitative estimate of drug-likeness (QED) is 0.663. The van der Waals surface area contributed by atoms with Gasteiger partial charge in [0.2, 0.25) is 0 Å². The molecule has 0 spiro atoms. The number of hydrogen-bond acceptors (Lipinski definition) is 4. The lowest BCUT2D eigenvalue weighted by Crippen LogP contribution is -2.07. The fourth-order valence-electron chi connectivity index (χ4n) is 2.28. The van der Waals surface area contributed by atoms with Crippen LogP contribution in [0.4, 0.5) is 0 Å². The zero-order valence-corrected chi connectivity index (χ0v) is 15.2. The molecule has 1 aromatic heterocycles. The first-order valence-electron chi connectivity index (χ1n) is 7.26. The van der Waals surface area contributed by atoms with E-state index < -0.39 is 6.10 Å². The summed E-state index contributed by atoms with van der Waals surface area (Å²) < 4.78 is 1.78. The standard InChI is InChI=1S/C17H15Cl2N3OS/c1-22-16(15(23)11-6-3-2-4-7-11)20-21-17(22)24-10-12-13(18)8-5-9-14(12)19/h2-9,15,23H,10H2,1H3/t15-/m0/s1. The maximum absolute atomic E-state index is 10.5. The Bertz CT molecular complexity index is 819. The molecular formula is C17H15Cl2N3OS. The Morgan fingerprint density at radius 2 is 1.71 bits per heavy atom. The maximum atomic E-state index is 10.5. The summed E-state index contributed by atoms with van der Waals surface area (Å²) >= 11 is 13.9. The van der Waals surface area contributed by atoms with Crippen LogP contribution in [0, 0.1) is 0 Å². The van der Waals surface area contributed by atoms with Crippen LogP contribution in [0.2, 0.25) is 10.0 Å². The number of benzene rings is 2. The van der Waals surface area contributed by atoms with Crippen molar-refractivity contribution in [1.82, 2.24) is 14.8 Å². The molecular weight excluding hydrogens is 365 g/mol. The highest BCUT2D eigenvalue weighted by Crippen LogP contribution is 2.31. The Balaban J connectivity index is 1.78. The van der Waals surface area contributed by atoms with Gasteiger partial charge in [-0.25, -0.2) is 0 Å². The molecule has 3 rings (SSSR count). The Morgan fingerprint density at radius 1 is 1.04 bits per heavy atom. The second kappa shape index (κ2) is 7.57. The molecule has 1 heterocycles. The Hall–Kier alpha value is -1.53. The zero-order valence-electron chi connectivity index (χ0n) is 12.9. The van der Waals surface area contributed by atoms with Gasteiger partial charge in [0.25, 0.3) is 0 Å². The number of aliphatic hydroxyl groups excluding tert-OH is 1. The summed E-state index contributed by atoms with van der Waals surface area (Å²) in [5, 5.41) is 20.7. The smallest absolute Gasteiger partial charge is 0.191 e. The van der Waals surface area contributed by atoms with E-state index in [0.717, 1.165) is 11.1 Å². The first-order valence-corrected chi connectivity index (χ1v) is 9.00. The second-order valence-electron chi connectivity index (χ2n) is 5.20. The van der Waals surface area contributed by atoms with E-state index in [1.54, 1.807) is 4.57 Å². The number of hydrogen-bond donors (Lipinski definition) is 1. The molecule has 0 aliphatic heterocycles. The summed E-state index contributed by atoms with van der Waals surface area (Å²) in [7, 11) is 1.83. The minimum absolute atomic E-state index is 0.494. The van der Waals surface area contributed by atoms with Gasteiger partial charge in [-0.3, -0.25) is 0 Å². The van der Waals surface area contributed by atoms with Gasteiger partial charge < -0.3 is 9.67 Å². The minimum atomic E-state index is -0.818. The Morgan fingerprint density at radius 3 is 2.38 bits per heavy atom. The maximum Gasteiger partial charge on any atom is 0.191 e. The van der Waals surface area contributed by atoms with Crippen molar-refractivity contribution in [2.45, 2.75) is 17.0 Å². The molecule has 0 aliphatic carbocycles. The van der Waals surface area contributed by atoms with Crippen LogP contribution >= 0.6 is 35.0 Å². The van der Waals surface area contributed by atoms with E-state index >= 15 is 0 Å². The molecule has 7 heteroatoms. The summed E-state index contributed by atoms with van der Waals surface area (Å²) in [6, 6.07) is 14.8. The highest BCUT2D eigenvalue weighted by molar-refractivity contribution is 7.98. The van der Waals surface area contributed by atoms with Gasteiger partial charge in [0.1, 0.15) is 6.10 Å². The lowest BCUT2D eigenvalue weighted by molar-refractivity contribution is 0.205. The van der Waals surface area contributed by atoms with Crippen LogP contribution in [0.3, 0.4) is 0 Å². The summed E-state index contributed by atoms with van der Waals surface area (Å²) in [5.41, 5.74) is 1.64. The molecule has 3 aromatic rings. The molecule has 0 radical (unpaired) electrons. The molecule has 0 aliphatic rings. The zero-order chi connectivity index (χ0) is 17.1. The molecule has 0 fully saturated rings. The van der Waals surface area contributed by atoms with E-state index in [1.807, 2.05) is 55.6 Å². The topological polar surface area (TPSA) is 50.9 Å². The fraction of sp³-hybridized carbons (Fsp3) is 0.176. The van der Waals surface area contributed by atoms with E-state index in [2.05, 4.69) is 10.2 Å². The van der Waals surface area contributed by atoms with Gasteiger partial charge in [0.05, 0.1) is 0 Å². The van der Waals surface area contributed by atoms with E-state index in [1.165, 1.54) is 11.8 Å². The molecule has 4 nitrogen and oxygen atoms in total. The van der Waals surface area contributed by atoms with Crippen molar-refractivity contribution in [3.05, 3.63) is 75.5 Å². The van der Waals surface area contributed by atoms with Crippen LogP contribution in [0.15, 0.2) is 53.7 Å². The van der Waals surface area contributed by atoms with Crippen molar-refractivity contribution >= 4 is 35.0 Å². The normalized spacial score (nSPS) is 12.3. The molecule has 0 bridgehead atoms. The SMILES string of the molecule is Cn1c(SCc2c(Cl)cccc2Cl)nnc1[C@@H](O)c1ccccc1. The van der Waals surface area contributed by atoms with Crippen LogP contribution in [0.25, 0.3) is 0 Å². The van der Waals surface area contributed by atoms with Crippen LogP contribution in [0.5, 0.6) is 0 Å². The molecule has 0 amide bonds. The lowest BCUT2D eigenvalue weighted by Gasteiger charge is -2.11. The first-order chi connectivity index (χ1) is 11.6. The second-order valence-corrected chi connectivity index (χ2v) is 6.96. The number of aromatic nitrogens is 3. The third-order valence-electron chi connectivity index (χ3n) is 3.64. The van der Waals surface area contributed by atoms with Gasteiger partial charge in [-0.1, -0.05) is 71.4 Å². The predicted octanol–water partition coefficient (Wildman–Crippen LogP) is 4.50. The van der Waals surface area contributed by atoms with E-state index in [4.69, 9.17) is 23.2 Å². The van der Waals surface area contributed by atoms with Crippen molar-refractivity contribution < 1.29 is 5.11 Å². The van der Waals surface area contributed by atoms with Crippen LogP contribution in [-0.4, -0.2) is 19.9 Å². The summed E-state index contributed by atoms with van der Waals surface area (Å²) in [6.07, 6.45) is -0.818. The number of aliphatic hydroxyl groups is 1. The van der Waals surface area contributed by atoms with Crippen molar-refractivity contribution in [1.29, 1.82) is 0 Å². The van der Waals surface area contributed by atoms with Gasteiger partial charge in [0, 0.05) is 22.8 Å². The fourth-order valence-corrected chi connectivity index (χ4v) is 3.94. The third kappa shape index (κ3) is 3.59. The average molecular weight is 380 g/mol. The van der Waals surface area contributed by atoms with Gasteiger partial charge >= 0.3 is 0 Å². The first kappa shape index (κ1) is 17.3. The molecule has 0 saturated heterocycles. The third-order valence-corrected chi connectivity index (χ3v) is 5.39. The molecule has 124 valence electrons. The molecule has 0 saturated carbocycles. The lowest BCUT2D eigenvalue weighted by atomic mass is 10.1. The van der Waals surface area contributed by atoms with Crippen molar-refractivity contribution in [3.8, 4) is 0 Å². The summed E-state index contributed by atoms with van der Waals surface area (Å²) in [5.74, 6) is 1.07. The number of thioether (sulfide) groups is 1. The molecule has 1 N–H and O–H groups in total. The van der Waals surface area contributed by atoms with Crippen molar-refractivity contribution in [2.75, 3.05) is 0 Å². The van der Waals surface area contributed by atoms with E-state index in [-0.39, 0.29) is 0 Å². The minimum Gasteiger partial charge on any atom is -0.380 e. The summed E-state index contributed by atoms with van der Waals surface area (Å²) in [4.78, 5) is 0. The van der Waals surface area contributed by atoms with Gasteiger partial charge in [-0.15, -0.1) is 10.2 Å². The molecule has 0 unspecified atom stereocenters. The van der Waals surface area contributed by atoms with E-state index in [9.17, 15) is 5.11 Å². The number of halogens is 2. The van der Waals surface area contributed by atoms with Crippen molar-refractivity contribution in [2.24, 2.45) is 7.05 Å². The average Bonchev–Trinajstić information content (AvgIpc) is 2.95. The van der Waals surface area contributed by atoms with Crippen LogP contribution < -0.4 is 0 Å². The van der Waals surface area contributed by atoms with E-state index in [0.29, 0.717) is 26.8 Å².